The van der Waals surface area contributed by atoms with Crippen molar-refractivity contribution in [1.29, 1.82) is 0 Å². The van der Waals surface area contributed by atoms with Crippen LogP contribution in [0.1, 0.15) is 17.0 Å². The summed E-state index contributed by atoms with van der Waals surface area (Å²) < 4.78 is 13.1. The van der Waals surface area contributed by atoms with Gasteiger partial charge in [-0.25, -0.2) is 0 Å². The first-order chi connectivity index (χ1) is 32.1. The van der Waals surface area contributed by atoms with E-state index in [0.29, 0.717) is 12.2 Å². The summed E-state index contributed by atoms with van der Waals surface area (Å²) in [6.45, 7) is 2.13. The molecule has 0 aliphatic rings. The summed E-state index contributed by atoms with van der Waals surface area (Å²) in [7, 11) is 0. The Bertz CT molecular complexity index is 3170. The molecule has 11 aromatic rings. The number of H-pyrrole nitrogens is 1. The molecular weight excluding hydrogens is 797 g/mol. The maximum Gasteiger partial charge on any atom is 0.178 e. The second kappa shape index (κ2) is 18.8. The second-order valence-electron chi connectivity index (χ2n) is 15.8. The van der Waals surface area contributed by atoms with Gasteiger partial charge in [0.1, 0.15) is 23.0 Å². The Hall–Kier alpha value is -8.61. The van der Waals surface area contributed by atoms with Crippen LogP contribution in [0.3, 0.4) is 0 Å². The molecule has 0 unspecified atom stereocenters. The van der Waals surface area contributed by atoms with Crippen molar-refractivity contribution in [1.82, 2.24) is 20.6 Å². The zero-order chi connectivity index (χ0) is 43.8. The zero-order valence-electron chi connectivity index (χ0n) is 35.8. The highest BCUT2D eigenvalue weighted by Gasteiger charge is 2.20. The molecule has 11 rings (SSSR count). The molecule has 1 N–H and O–H groups in total. The molecule has 0 saturated heterocycles. The normalized spacial score (nSPS) is 10.9. The van der Waals surface area contributed by atoms with Crippen LogP contribution in [0.4, 0.5) is 0 Å². The lowest BCUT2D eigenvalue weighted by molar-refractivity contribution is 0.598. The zero-order valence-corrected chi connectivity index (χ0v) is 35.8. The molecule has 8 aromatic carbocycles. The Morgan fingerprint density at radius 1 is 0.369 bits per heavy atom. The minimum Gasteiger partial charge on any atom is -0.455 e. The molecule has 0 aliphatic heterocycles. The van der Waals surface area contributed by atoms with Gasteiger partial charge in [-0.1, -0.05) is 229 Å². The molecule has 6 nitrogen and oxygen atoms in total. The lowest BCUT2D eigenvalue weighted by Gasteiger charge is -2.09. The Morgan fingerprint density at radius 3 is 1.25 bits per heavy atom. The molecule has 0 radical (unpaired) electrons. The maximum atomic E-state index is 6.59. The van der Waals surface area contributed by atoms with Crippen molar-refractivity contribution >= 4 is 0 Å². The van der Waals surface area contributed by atoms with Gasteiger partial charge in [-0.3, -0.25) is 0 Å². The van der Waals surface area contributed by atoms with E-state index in [1.54, 1.807) is 0 Å². The fourth-order valence-electron chi connectivity index (χ4n) is 8.32. The topological polar surface area (TPSA) is 80.7 Å². The van der Waals surface area contributed by atoms with Crippen LogP contribution in [0, 0.1) is 6.92 Å². The van der Waals surface area contributed by atoms with Gasteiger partial charge in [0.05, 0.1) is 0 Å². The van der Waals surface area contributed by atoms with Crippen LogP contribution in [-0.2, 0) is 6.42 Å². The molecule has 3 heterocycles. The van der Waals surface area contributed by atoms with Gasteiger partial charge in [0, 0.05) is 39.8 Å². The van der Waals surface area contributed by atoms with Gasteiger partial charge >= 0.3 is 0 Å². The minimum atomic E-state index is 0.615. The Kier molecular flexibility index (Phi) is 11.7. The van der Waals surface area contributed by atoms with Crippen LogP contribution >= 0.6 is 0 Å². The molecule has 0 aliphatic carbocycles. The summed E-state index contributed by atoms with van der Waals surface area (Å²) in [6, 6.07) is 79.6. The fraction of sp³-hybridized carbons (Fsp3) is 0.0339. The molecule has 0 spiro atoms. The smallest absolute Gasteiger partial charge is 0.178 e. The Labute approximate surface area is 378 Å². The number of tetrazole rings is 1. The molecule has 312 valence electrons. The predicted molar refractivity (Wildman–Crippen MR) is 263 cm³/mol. The van der Waals surface area contributed by atoms with Crippen molar-refractivity contribution in [2.45, 2.75) is 13.3 Å². The number of nitrogens with one attached hydrogen (secondary N) is 1. The molecular formula is C59H44N4O2. The summed E-state index contributed by atoms with van der Waals surface area (Å²) in [5.74, 6) is 4.15. The Morgan fingerprint density at radius 2 is 0.785 bits per heavy atom. The van der Waals surface area contributed by atoms with E-state index < -0.39 is 0 Å². The van der Waals surface area contributed by atoms with Crippen LogP contribution in [-0.4, -0.2) is 20.6 Å². The molecule has 0 saturated carbocycles. The summed E-state index contributed by atoms with van der Waals surface area (Å²) in [6.07, 6.45) is 0.615. The monoisotopic (exact) mass is 840 g/mol. The third-order valence-electron chi connectivity index (χ3n) is 11.4. The summed E-state index contributed by atoms with van der Waals surface area (Å²) in [4.78, 5) is 0. The summed E-state index contributed by atoms with van der Waals surface area (Å²) in [5.41, 5.74) is 15.7. The van der Waals surface area contributed by atoms with Crippen molar-refractivity contribution in [2.24, 2.45) is 0 Å². The average molecular weight is 841 g/mol. The number of nitrogens with zero attached hydrogens (tertiary/aromatic N) is 3. The van der Waals surface area contributed by atoms with E-state index in [1.165, 1.54) is 16.7 Å². The molecule has 0 atom stereocenters. The number of hydrogen-bond donors (Lipinski definition) is 1. The van der Waals surface area contributed by atoms with Crippen molar-refractivity contribution in [3.63, 3.8) is 0 Å². The average Bonchev–Trinajstić information content (AvgIpc) is 4.17. The van der Waals surface area contributed by atoms with Gasteiger partial charge in [0.15, 0.2) is 5.82 Å². The number of aromatic nitrogens is 4. The highest BCUT2D eigenvalue weighted by Crippen LogP contribution is 2.43. The van der Waals surface area contributed by atoms with Crippen LogP contribution in [0.2, 0.25) is 0 Å². The number of aromatic amines is 1. The number of furan rings is 2. The highest BCUT2D eigenvalue weighted by molar-refractivity contribution is 5.90. The summed E-state index contributed by atoms with van der Waals surface area (Å²) in [5, 5.41) is 14.4. The van der Waals surface area contributed by atoms with E-state index in [1.807, 2.05) is 48.5 Å². The van der Waals surface area contributed by atoms with E-state index >= 15 is 0 Å². The van der Waals surface area contributed by atoms with Crippen LogP contribution in [0.15, 0.2) is 239 Å². The van der Waals surface area contributed by atoms with E-state index in [0.717, 1.165) is 84.2 Å². The number of rotatable bonds is 10. The van der Waals surface area contributed by atoms with Crippen LogP contribution in [0.5, 0.6) is 0 Å². The molecule has 0 amide bonds. The third kappa shape index (κ3) is 9.01. The lowest BCUT2D eigenvalue weighted by atomic mass is 9.95. The largest absolute Gasteiger partial charge is 0.455 e. The van der Waals surface area contributed by atoms with E-state index in [9.17, 15) is 0 Å². The lowest BCUT2D eigenvalue weighted by Crippen LogP contribution is -1.92. The molecule has 65 heavy (non-hydrogen) atoms. The standard InChI is InChI=1S/C30H22N4O.C29H22O/c1-3-11-22(12-4-1)27-20-28(35-30(27)23-13-5-2-6-14-23)26-17-8-7-16-25(26)24-15-9-10-21(18-24)19-29-31-33-34-32-29;1-21-11-10-16-24(19-21)25-17-8-9-18-26(25)28-20-27(22-12-4-2-5-13-22)29(30-28)23-14-6-3-7-15-23/h1-18,20H,19H2,(H,31,32,33,34);2-20H,1H3. The van der Waals surface area contributed by atoms with Crippen molar-refractivity contribution < 1.29 is 8.83 Å². The van der Waals surface area contributed by atoms with E-state index in [4.69, 9.17) is 8.83 Å². The van der Waals surface area contributed by atoms with Gasteiger partial charge in [0.25, 0.3) is 0 Å². The Balaban J connectivity index is 0.000000155. The fourth-order valence-corrected chi connectivity index (χ4v) is 8.32. The highest BCUT2D eigenvalue weighted by atomic mass is 16.3. The van der Waals surface area contributed by atoms with E-state index in [-0.39, 0.29) is 0 Å². The second-order valence-corrected chi connectivity index (χ2v) is 15.8. The van der Waals surface area contributed by atoms with Gasteiger partial charge in [0.2, 0.25) is 0 Å². The number of aryl methyl sites for hydroxylation is 1. The predicted octanol–water partition coefficient (Wildman–Crippen LogP) is 15.3. The van der Waals surface area contributed by atoms with Crippen molar-refractivity contribution in [3.05, 3.63) is 247 Å². The van der Waals surface area contributed by atoms with Crippen LogP contribution in [0.25, 0.3) is 89.8 Å². The SMILES string of the molecule is Cc1cccc(-c2ccccc2-c2cc(-c3ccccc3)c(-c3ccccc3)o2)c1.c1ccc(-c2cc(-c3ccccc3-c3cccc(Cc4nn[nH]n4)c3)oc2-c2ccccc2)cc1. The molecule has 0 fully saturated rings. The molecule has 6 heteroatoms. The first-order valence-corrected chi connectivity index (χ1v) is 21.7. The van der Waals surface area contributed by atoms with Crippen molar-refractivity contribution in [2.75, 3.05) is 0 Å². The molecule has 0 bridgehead atoms. The minimum absolute atomic E-state index is 0.615. The first kappa shape index (κ1) is 40.5. The van der Waals surface area contributed by atoms with Crippen LogP contribution < -0.4 is 0 Å². The van der Waals surface area contributed by atoms with E-state index in [2.05, 4.69) is 210 Å². The summed E-state index contributed by atoms with van der Waals surface area (Å²) >= 11 is 0. The van der Waals surface area contributed by atoms with Gasteiger partial charge in [-0.05, 0) is 58.0 Å². The third-order valence-corrected chi connectivity index (χ3v) is 11.4. The van der Waals surface area contributed by atoms with Crippen molar-refractivity contribution in [3.8, 4) is 89.8 Å². The number of hydrogen-bond acceptors (Lipinski definition) is 5. The first-order valence-electron chi connectivity index (χ1n) is 21.7. The number of benzene rings is 8. The quantitative estimate of drug-likeness (QED) is 0.148. The van der Waals surface area contributed by atoms with Gasteiger partial charge in [-0.15, -0.1) is 10.2 Å². The van der Waals surface area contributed by atoms with Gasteiger partial charge in [-0.2, -0.15) is 5.21 Å². The van der Waals surface area contributed by atoms with Gasteiger partial charge < -0.3 is 8.83 Å². The molecule has 3 aromatic heterocycles. The maximum absolute atomic E-state index is 6.59.